The molecule has 1 saturated heterocycles. The number of likely N-dealkylation sites (tertiary alicyclic amines) is 1. The number of rotatable bonds is 5. The quantitative estimate of drug-likeness (QED) is 0.867. The Morgan fingerprint density at radius 3 is 2.87 bits per heavy atom. The third-order valence-corrected chi connectivity index (χ3v) is 4.08. The molecule has 2 N–H and O–H groups in total. The van der Waals surface area contributed by atoms with Crippen molar-refractivity contribution in [3.63, 3.8) is 0 Å². The largest absolute Gasteiger partial charge is 0.507 e. The molecule has 0 saturated carbocycles. The second-order valence-electron chi connectivity index (χ2n) is 5.98. The van der Waals surface area contributed by atoms with E-state index in [1.54, 1.807) is 6.07 Å². The summed E-state index contributed by atoms with van der Waals surface area (Å²) in [7, 11) is 1.49. The summed E-state index contributed by atoms with van der Waals surface area (Å²) in [5.41, 5.74) is 0.171. The zero-order chi connectivity index (χ0) is 16.8. The van der Waals surface area contributed by atoms with Gasteiger partial charge in [0.2, 0.25) is 5.91 Å². The Morgan fingerprint density at radius 2 is 2.22 bits per heavy atom. The molecule has 1 aromatic rings. The summed E-state index contributed by atoms with van der Waals surface area (Å²) in [6.45, 7) is 4.00. The highest BCUT2D eigenvalue weighted by Gasteiger charge is 2.20. The number of benzene rings is 1. The van der Waals surface area contributed by atoms with Gasteiger partial charge < -0.3 is 20.1 Å². The van der Waals surface area contributed by atoms with Crippen LogP contribution in [0.1, 0.15) is 36.5 Å². The van der Waals surface area contributed by atoms with Crippen LogP contribution >= 0.6 is 0 Å². The van der Waals surface area contributed by atoms with E-state index in [1.807, 2.05) is 4.90 Å². The van der Waals surface area contributed by atoms with Crippen molar-refractivity contribution in [2.75, 3.05) is 26.7 Å². The smallest absolute Gasteiger partial charge is 0.255 e. The zero-order valence-electron chi connectivity index (χ0n) is 13.7. The molecule has 0 spiro atoms. The molecule has 0 radical (unpaired) electrons. The van der Waals surface area contributed by atoms with Crippen molar-refractivity contribution in [3.05, 3.63) is 23.8 Å². The van der Waals surface area contributed by atoms with E-state index in [0.29, 0.717) is 11.7 Å². The number of hydrogen-bond acceptors (Lipinski definition) is 4. The molecule has 1 unspecified atom stereocenters. The molecule has 0 bridgehead atoms. The minimum Gasteiger partial charge on any atom is -0.507 e. The molecule has 1 aliphatic rings. The number of amides is 2. The van der Waals surface area contributed by atoms with Gasteiger partial charge in [-0.15, -0.1) is 0 Å². The van der Waals surface area contributed by atoms with Crippen LogP contribution in [0.4, 0.5) is 0 Å². The lowest BCUT2D eigenvalue weighted by atomic mass is 10.00. The first-order valence-corrected chi connectivity index (χ1v) is 7.94. The standard InChI is InChI=1S/C17H24N2O4/c1-12-4-3-9-19(11-12)16(21)7-8-18-17(22)14-6-5-13(23-2)10-15(14)20/h5-6,10,12,20H,3-4,7-9,11H2,1-2H3,(H,18,22). The molecule has 0 aliphatic carbocycles. The van der Waals surface area contributed by atoms with Crippen LogP contribution in [-0.2, 0) is 4.79 Å². The van der Waals surface area contributed by atoms with E-state index in [0.717, 1.165) is 25.9 Å². The highest BCUT2D eigenvalue weighted by atomic mass is 16.5. The summed E-state index contributed by atoms with van der Waals surface area (Å²) in [5, 5.41) is 12.5. The molecular formula is C17H24N2O4. The molecule has 0 aromatic heterocycles. The van der Waals surface area contributed by atoms with Crippen molar-refractivity contribution < 1.29 is 19.4 Å². The van der Waals surface area contributed by atoms with Crippen LogP contribution in [0, 0.1) is 5.92 Å². The van der Waals surface area contributed by atoms with E-state index < -0.39 is 5.91 Å². The van der Waals surface area contributed by atoms with Crippen LogP contribution in [0.25, 0.3) is 0 Å². The van der Waals surface area contributed by atoms with E-state index in [4.69, 9.17) is 4.74 Å². The summed E-state index contributed by atoms with van der Waals surface area (Å²) in [5.74, 6) is 0.547. The minimum absolute atomic E-state index is 0.0656. The fourth-order valence-electron chi connectivity index (χ4n) is 2.78. The second kappa shape index (κ2) is 7.85. The summed E-state index contributed by atoms with van der Waals surface area (Å²) >= 11 is 0. The Morgan fingerprint density at radius 1 is 1.43 bits per heavy atom. The lowest BCUT2D eigenvalue weighted by molar-refractivity contribution is -0.132. The van der Waals surface area contributed by atoms with Crippen molar-refractivity contribution >= 4 is 11.8 Å². The van der Waals surface area contributed by atoms with Crippen LogP contribution < -0.4 is 10.1 Å². The van der Waals surface area contributed by atoms with Gasteiger partial charge >= 0.3 is 0 Å². The Balaban J connectivity index is 1.81. The number of nitrogens with zero attached hydrogens (tertiary/aromatic N) is 1. The molecule has 126 valence electrons. The minimum atomic E-state index is -0.398. The van der Waals surface area contributed by atoms with Crippen LogP contribution in [0.2, 0.25) is 0 Å². The second-order valence-corrected chi connectivity index (χ2v) is 5.98. The number of carbonyl (C=O) groups excluding carboxylic acids is 2. The third kappa shape index (κ3) is 4.61. The van der Waals surface area contributed by atoms with Crippen molar-refractivity contribution in [1.29, 1.82) is 0 Å². The molecule has 1 aromatic carbocycles. The van der Waals surface area contributed by atoms with Gasteiger partial charge in [-0.3, -0.25) is 9.59 Å². The molecule has 1 atom stereocenters. The van der Waals surface area contributed by atoms with Gasteiger partial charge in [-0.1, -0.05) is 6.92 Å². The first-order valence-electron chi connectivity index (χ1n) is 7.94. The highest BCUT2D eigenvalue weighted by Crippen LogP contribution is 2.23. The van der Waals surface area contributed by atoms with Gasteiger partial charge in [0, 0.05) is 32.1 Å². The maximum absolute atomic E-state index is 12.1. The predicted molar refractivity (Wildman–Crippen MR) is 86.6 cm³/mol. The first kappa shape index (κ1) is 17.1. The molecule has 2 amide bonds. The van der Waals surface area contributed by atoms with E-state index in [2.05, 4.69) is 12.2 Å². The van der Waals surface area contributed by atoms with E-state index >= 15 is 0 Å². The number of methoxy groups -OCH3 is 1. The number of nitrogens with one attached hydrogen (secondary N) is 1. The van der Waals surface area contributed by atoms with Gasteiger partial charge in [0.25, 0.3) is 5.91 Å². The number of phenols is 1. The number of ether oxygens (including phenoxy) is 1. The number of aromatic hydroxyl groups is 1. The lowest BCUT2D eigenvalue weighted by Crippen LogP contribution is -2.40. The Bertz CT molecular complexity index is 574. The summed E-state index contributed by atoms with van der Waals surface area (Å²) in [6, 6.07) is 4.49. The molecule has 6 nitrogen and oxygen atoms in total. The van der Waals surface area contributed by atoms with Gasteiger partial charge in [0.15, 0.2) is 0 Å². The molecule has 23 heavy (non-hydrogen) atoms. The maximum atomic E-state index is 12.1. The van der Waals surface area contributed by atoms with E-state index in [1.165, 1.54) is 19.2 Å². The SMILES string of the molecule is COc1ccc(C(=O)NCCC(=O)N2CCCC(C)C2)c(O)c1. The van der Waals surface area contributed by atoms with Crippen molar-refractivity contribution in [2.45, 2.75) is 26.2 Å². The zero-order valence-corrected chi connectivity index (χ0v) is 13.7. The maximum Gasteiger partial charge on any atom is 0.255 e. The Labute approximate surface area is 136 Å². The third-order valence-electron chi connectivity index (χ3n) is 4.08. The van der Waals surface area contributed by atoms with Crippen molar-refractivity contribution in [2.24, 2.45) is 5.92 Å². The van der Waals surface area contributed by atoms with Gasteiger partial charge in [0.05, 0.1) is 12.7 Å². The highest BCUT2D eigenvalue weighted by molar-refractivity contribution is 5.97. The topological polar surface area (TPSA) is 78.9 Å². The lowest BCUT2D eigenvalue weighted by Gasteiger charge is -2.31. The summed E-state index contributed by atoms with van der Waals surface area (Å²) in [4.78, 5) is 26.0. The molecule has 1 aliphatic heterocycles. The Hall–Kier alpha value is -2.24. The van der Waals surface area contributed by atoms with Crippen LogP contribution in [-0.4, -0.2) is 48.6 Å². The average Bonchev–Trinajstić information content (AvgIpc) is 2.54. The number of carbonyl (C=O) groups is 2. The van der Waals surface area contributed by atoms with Crippen molar-refractivity contribution in [1.82, 2.24) is 10.2 Å². The number of phenolic OH excluding ortho intramolecular Hbond substituents is 1. The van der Waals surface area contributed by atoms with E-state index in [-0.39, 0.29) is 30.2 Å². The summed E-state index contributed by atoms with van der Waals surface area (Å²) < 4.78 is 4.98. The molecule has 6 heteroatoms. The molecular weight excluding hydrogens is 296 g/mol. The van der Waals surface area contributed by atoms with Crippen molar-refractivity contribution in [3.8, 4) is 11.5 Å². The van der Waals surface area contributed by atoms with E-state index in [9.17, 15) is 14.7 Å². The normalized spacial score (nSPS) is 17.7. The fourth-order valence-corrected chi connectivity index (χ4v) is 2.78. The summed E-state index contributed by atoms with van der Waals surface area (Å²) in [6.07, 6.45) is 2.48. The van der Waals surface area contributed by atoms with Gasteiger partial charge in [-0.2, -0.15) is 0 Å². The monoisotopic (exact) mass is 320 g/mol. The molecule has 1 fully saturated rings. The Kier molecular flexibility index (Phi) is 5.84. The van der Waals surface area contributed by atoms with Crippen LogP contribution in [0.5, 0.6) is 11.5 Å². The van der Waals surface area contributed by atoms with Gasteiger partial charge in [0.1, 0.15) is 11.5 Å². The van der Waals surface area contributed by atoms with Crippen LogP contribution in [0.15, 0.2) is 18.2 Å². The molecule has 2 rings (SSSR count). The van der Waals surface area contributed by atoms with Gasteiger partial charge in [-0.05, 0) is 30.9 Å². The number of piperidine rings is 1. The average molecular weight is 320 g/mol. The predicted octanol–water partition coefficient (Wildman–Crippen LogP) is 1.78. The number of hydrogen-bond donors (Lipinski definition) is 2. The molecule has 1 heterocycles. The van der Waals surface area contributed by atoms with Crippen LogP contribution in [0.3, 0.4) is 0 Å². The van der Waals surface area contributed by atoms with Gasteiger partial charge in [-0.25, -0.2) is 0 Å². The first-order chi connectivity index (χ1) is 11.0. The fraction of sp³-hybridized carbons (Fsp3) is 0.529.